The van der Waals surface area contributed by atoms with Crippen LogP contribution >= 0.6 is 0 Å². The average molecular weight is 570 g/mol. The minimum atomic E-state index is -1.41. The first kappa shape index (κ1) is 34.5. The Balaban J connectivity index is 3.26. The van der Waals surface area contributed by atoms with Crippen LogP contribution in [0.1, 0.15) is 85.6 Å². The van der Waals surface area contributed by atoms with Gasteiger partial charge in [-0.2, -0.15) is 0 Å². The van der Waals surface area contributed by atoms with E-state index in [1.807, 2.05) is 27.7 Å². The SMILES string of the molecule is CCC(C)OC(=O)Oc1ccc(C(CC(C)OC(=O)OCCC(C)C)[C@H](N)C(=O)O)cc1OC(=O)OC(C)CC. The number of carboxylic acid groups (broad SMARTS) is 1. The molecule has 0 fully saturated rings. The van der Waals surface area contributed by atoms with Gasteiger partial charge in [-0.25, -0.2) is 14.4 Å². The molecule has 0 aliphatic rings. The van der Waals surface area contributed by atoms with Crippen molar-refractivity contribution in [2.75, 3.05) is 6.61 Å². The quantitative estimate of drug-likeness (QED) is 0.148. The van der Waals surface area contributed by atoms with Crippen molar-refractivity contribution in [3.63, 3.8) is 0 Å². The summed E-state index contributed by atoms with van der Waals surface area (Å²) in [5.74, 6) is -2.22. The van der Waals surface area contributed by atoms with Gasteiger partial charge in [0.15, 0.2) is 11.5 Å². The summed E-state index contributed by atoms with van der Waals surface area (Å²) in [4.78, 5) is 48.5. The van der Waals surface area contributed by atoms with Crippen molar-refractivity contribution in [2.24, 2.45) is 11.7 Å². The minimum absolute atomic E-state index is 0.000235. The lowest BCUT2D eigenvalue weighted by atomic mass is 9.87. The molecule has 0 heterocycles. The Bertz CT molecular complexity index is 981. The Hall–Kier alpha value is -3.54. The molecule has 0 radical (unpaired) electrons. The maximum Gasteiger partial charge on any atom is 0.514 e. The molecule has 0 spiro atoms. The number of carbonyl (C=O) groups is 4. The van der Waals surface area contributed by atoms with E-state index in [9.17, 15) is 24.3 Å². The van der Waals surface area contributed by atoms with Gasteiger partial charge in [-0.15, -0.1) is 0 Å². The van der Waals surface area contributed by atoms with Crippen LogP contribution in [0.5, 0.6) is 11.5 Å². The maximum atomic E-state index is 12.4. The van der Waals surface area contributed by atoms with Crippen molar-refractivity contribution in [2.45, 2.75) is 104 Å². The Kier molecular flexibility index (Phi) is 14.8. The molecular weight excluding hydrogens is 526 g/mol. The van der Waals surface area contributed by atoms with Crippen molar-refractivity contribution in [3.05, 3.63) is 23.8 Å². The zero-order valence-corrected chi connectivity index (χ0v) is 24.3. The van der Waals surface area contributed by atoms with E-state index in [-0.39, 0.29) is 24.5 Å². The van der Waals surface area contributed by atoms with Gasteiger partial charge >= 0.3 is 24.4 Å². The largest absolute Gasteiger partial charge is 0.514 e. The molecular formula is C28H43NO11. The minimum Gasteiger partial charge on any atom is -0.480 e. The maximum absolute atomic E-state index is 12.4. The summed E-state index contributed by atoms with van der Waals surface area (Å²) in [7, 11) is 0. The Morgan fingerprint density at radius 1 is 0.800 bits per heavy atom. The first-order chi connectivity index (χ1) is 18.8. The highest BCUT2D eigenvalue weighted by Crippen LogP contribution is 2.35. The second-order valence-corrected chi connectivity index (χ2v) is 10.00. The van der Waals surface area contributed by atoms with Crippen molar-refractivity contribution < 1.29 is 52.7 Å². The molecule has 12 nitrogen and oxygen atoms in total. The number of nitrogens with two attached hydrogens (primary N) is 1. The van der Waals surface area contributed by atoms with Crippen LogP contribution in [-0.2, 0) is 23.7 Å². The molecule has 226 valence electrons. The summed E-state index contributed by atoms with van der Waals surface area (Å²) in [5, 5.41) is 9.65. The third-order valence-corrected chi connectivity index (χ3v) is 6.04. The lowest BCUT2D eigenvalue weighted by Gasteiger charge is -2.25. The molecule has 1 aromatic rings. The van der Waals surface area contributed by atoms with Crippen molar-refractivity contribution in [1.82, 2.24) is 0 Å². The van der Waals surface area contributed by atoms with E-state index in [4.69, 9.17) is 34.2 Å². The van der Waals surface area contributed by atoms with Gasteiger partial charge in [-0.05, 0) is 70.1 Å². The van der Waals surface area contributed by atoms with E-state index < -0.39 is 54.7 Å². The topological polar surface area (TPSA) is 170 Å². The van der Waals surface area contributed by atoms with E-state index in [0.717, 1.165) is 0 Å². The van der Waals surface area contributed by atoms with Crippen LogP contribution in [0, 0.1) is 5.92 Å². The van der Waals surface area contributed by atoms with Crippen LogP contribution in [-0.4, -0.2) is 60.5 Å². The molecule has 3 N–H and O–H groups in total. The van der Waals surface area contributed by atoms with Crippen LogP contribution in [0.2, 0.25) is 0 Å². The fourth-order valence-corrected chi connectivity index (χ4v) is 3.29. The average Bonchev–Trinajstić information content (AvgIpc) is 2.87. The fraction of sp³-hybridized carbons (Fsp3) is 0.643. The number of rotatable bonds is 15. The highest BCUT2D eigenvalue weighted by molar-refractivity contribution is 5.75. The molecule has 5 atom stereocenters. The van der Waals surface area contributed by atoms with Gasteiger partial charge in [0.1, 0.15) is 24.4 Å². The normalized spacial score (nSPS) is 14.7. The molecule has 1 aromatic carbocycles. The molecule has 0 aliphatic carbocycles. The van der Waals surface area contributed by atoms with Gasteiger partial charge in [0.05, 0.1) is 6.61 Å². The first-order valence-electron chi connectivity index (χ1n) is 13.5. The summed E-state index contributed by atoms with van der Waals surface area (Å²) in [5.41, 5.74) is 6.33. The number of carbonyl (C=O) groups excluding carboxylic acids is 3. The molecule has 0 saturated carbocycles. The molecule has 0 aromatic heterocycles. The molecule has 40 heavy (non-hydrogen) atoms. The molecule has 0 aliphatic heterocycles. The Morgan fingerprint density at radius 3 is 1.82 bits per heavy atom. The van der Waals surface area contributed by atoms with E-state index in [2.05, 4.69) is 0 Å². The van der Waals surface area contributed by atoms with E-state index in [1.165, 1.54) is 18.2 Å². The van der Waals surface area contributed by atoms with Gasteiger partial charge in [-0.1, -0.05) is 33.8 Å². The zero-order chi connectivity index (χ0) is 30.4. The Morgan fingerprint density at radius 2 is 1.32 bits per heavy atom. The standard InChI is InChI=1S/C28H43NO11/c1-8-17(5)36-27(33)39-22-11-10-20(15-23(22)40-28(34)37-18(6)9-2)21(24(29)25(30)31)14-19(7)38-26(32)35-13-12-16(3)4/h10-11,15-19,21,24H,8-9,12-14,29H2,1-7H3,(H,30,31)/t17?,18?,19?,21?,24-/m0/s1. The lowest BCUT2D eigenvalue weighted by molar-refractivity contribution is -0.139. The van der Waals surface area contributed by atoms with Gasteiger partial charge in [0.2, 0.25) is 0 Å². The van der Waals surface area contributed by atoms with E-state index in [0.29, 0.717) is 30.7 Å². The van der Waals surface area contributed by atoms with Gasteiger partial charge < -0.3 is 39.3 Å². The molecule has 4 unspecified atom stereocenters. The molecule has 0 bridgehead atoms. The number of hydrogen-bond acceptors (Lipinski definition) is 11. The molecule has 12 heteroatoms. The highest BCUT2D eigenvalue weighted by Gasteiger charge is 2.30. The summed E-state index contributed by atoms with van der Waals surface area (Å²) in [6, 6.07) is 2.71. The molecule has 1 rings (SSSR count). The van der Waals surface area contributed by atoms with E-state index >= 15 is 0 Å². The summed E-state index contributed by atoms with van der Waals surface area (Å²) in [6.45, 7) is 12.8. The third kappa shape index (κ3) is 12.5. The molecule has 0 saturated heterocycles. The van der Waals surface area contributed by atoms with E-state index in [1.54, 1.807) is 20.8 Å². The van der Waals surface area contributed by atoms with Crippen LogP contribution in [0.15, 0.2) is 18.2 Å². The summed E-state index contributed by atoms with van der Waals surface area (Å²) in [6.07, 6.45) is -2.82. The van der Waals surface area contributed by atoms with Crippen LogP contribution in [0.3, 0.4) is 0 Å². The number of aliphatic carboxylic acids is 1. The van der Waals surface area contributed by atoms with Gasteiger partial charge in [-0.3, -0.25) is 4.79 Å². The second kappa shape index (κ2) is 17.2. The molecule has 0 amide bonds. The summed E-state index contributed by atoms with van der Waals surface area (Å²) < 4.78 is 31.2. The smallest absolute Gasteiger partial charge is 0.480 e. The zero-order valence-electron chi connectivity index (χ0n) is 24.3. The monoisotopic (exact) mass is 569 g/mol. The van der Waals surface area contributed by atoms with Crippen LogP contribution < -0.4 is 15.2 Å². The number of ether oxygens (including phenoxy) is 6. The first-order valence-corrected chi connectivity index (χ1v) is 13.5. The van der Waals surface area contributed by atoms with Crippen LogP contribution in [0.4, 0.5) is 14.4 Å². The number of benzene rings is 1. The number of carboxylic acids is 1. The third-order valence-electron chi connectivity index (χ3n) is 6.04. The summed E-state index contributed by atoms with van der Waals surface area (Å²) >= 11 is 0. The predicted molar refractivity (Wildman–Crippen MR) is 144 cm³/mol. The fourth-order valence-electron chi connectivity index (χ4n) is 3.29. The number of hydrogen-bond donors (Lipinski definition) is 2. The lowest BCUT2D eigenvalue weighted by Crippen LogP contribution is -2.38. The van der Waals surface area contributed by atoms with Crippen LogP contribution in [0.25, 0.3) is 0 Å². The van der Waals surface area contributed by atoms with Crippen molar-refractivity contribution >= 4 is 24.4 Å². The second-order valence-electron chi connectivity index (χ2n) is 10.00. The van der Waals surface area contributed by atoms with Crippen molar-refractivity contribution in [3.8, 4) is 11.5 Å². The van der Waals surface area contributed by atoms with Gasteiger partial charge in [0.25, 0.3) is 0 Å². The highest BCUT2D eigenvalue weighted by atomic mass is 16.8. The Labute approximate surface area is 235 Å². The van der Waals surface area contributed by atoms with Gasteiger partial charge in [0, 0.05) is 5.92 Å². The predicted octanol–water partition coefficient (Wildman–Crippen LogP) is 5.79. The van der Waals surface area contributed by atoms with Crippen molar-refractivity contribution in [1.29, 1.82) is 0 Å².